The number of rotatable bonds is 8. The van der Waals surface area contributed by atoms with Crippen molar-refractivity contribution in [2.45, 2.75) is 20.3 Å². The van der Waals surface area contributed by atoms with Gasteiger partial charge in [-0.1, -0.05) is 30.9 Å². The van der Waals surface area contributed by atoms with E-state index in [2.05, 4.69) is 15.9 Å². The lowest BCUT2D eigenvalue weighted by Gasteiger charge is -2.13. The van der Waals surface area contributed by atoms with Gasteiger partial charge in [0.1, 0.15) is 10.9 Å². The van der Waals surface area contributed by atoms with Crippen LogP contribution in [-0.4, -0.2) is 48.0 Å². The van der Waals surface area contributed by atoms with E-state index in [-0.39, 0.29) is 12.5 Å². The largest absolute Gasteiger partial charge is 0.493 e. The Balaban J connectivity index is 2.22. The number of halogens is 1. The van der Waals surface area contributed by atoms with E-state index in [0.29, 0.717) is 38.4 Å². The van der Waals surface area contributed by atoms with Gasteiger partial charge in [0.15, 0.2) is 11.5 Å². The fraction of sp³-hybridized carbons (Fsp3) is 0.389. The van der Waals surface area contributed by atoms with Gasteiger partial charge in [0.2, 0.25) is 0 Å². The first kappa shape index (κ1) is 21.7. The molecule has 0 spiro atoms. The second-order valence-corrected chi connectivity index (χ2v) is 7.99. The van der Waals surface area contributed by atoms with Crippen LogP contribution in [0.3, 0.4) is 0 Å². The lowest BCUT2D eigenvalue weighted by Crippen LogP contribution is -2.34. The third kappa shape index (κ3) is 5.46. The number of hydrogen-bond donors (Lipinski definition) is 0. The van der Waals surface area contributed by atoms with Crippen LogP contribution >= 0.6 is 39.9 Å². The monoisotopic (exact) mass is 473 g/mol. The number of methoxy groups -OCH3 is 1. The van der Waals surface area contributed by atoms with Gasteiger partial charge in [0, 0.05) is 0 Å². The molecule has 0 N–H and O–H groups in total. The minimum Gasteiger partial charge on any atom is -0.493 e. The maximum absolute atomic E-state index is 12.6. The number of amides is 1. The van der Waals surface area contributed by atoms with Gasteiger partial charge in [-0.15, -0.1) is 0 Å². The van der Waals surface area contributed by atoms with Gasteiger partial charge in [-0.2, -0.15) is 0 Å². The van der Waals surface area contributed by atoms with E-state index in [1.807, 2.05) is 19.9 Å². The van der Waals surface area contributed by atoms with Crippen LogP contribution in [0.4, 0.5) is 0 Å². The average molecular weight is 474 g/mol. The molecule has 27 heavy (non-hydrogen) atoms. The number of nitrogens with zero attached hydrogens (tertiary/aromatic N) is 1. The molecule has 1 aliphatic heterocycles. The molecule has 1 saturated heterocycles. The van der Waals surface area contributed by atoms with Gasteiger partial charge in [-0.05, 0) is 53.0 Å². The van der Waals surface area contributed by atoms with Gasteiger partial charge in [0.05, 0.1) is 29.7 Å². The Morgan fingerprint density at radius 1 is 1.37 bits per heavy atom. The minimum atomic E-state index is -0.472. The summed E-state index contributed by atoms with van der Waals surface area (Å²) in [6, 6.07) is 3.60. The molecule has 1 aliphatic rings. The first-order chi connectivity index (χ1) is 12.9. The number of benzene rings is 1. The molecule has 0 saturated carbocycles. The minimum absolute atomic E-state index is 0.182. The van der Waals surface area contributed by atoms with Crippen LogP contribution in [0.1, 0.15) is 25.8 Å². The number of hydrogen-bond acceptors (Lipinski definition) is 7. The third-order valence-corrected chi connectivity index (χ3v) is 5.43. The molecule has 0 radical (unpaired) electrons. The van der Waals surface area contributed by atoms with E-state index in [1.165, 1.54) is 4.90 Å². The maximum atomic E-state index is 12.6. The smallest absolute Gasteiger partial charge is 0.326 e. The van der Waals surface area contributed by atoms with Gasteiger partial charge in [-0.25, -0.2) is 0 Å². The molecule has 9 heteroatoms. The predicted octanol–water partition coefficient (Wildman–Crippen LogP) is 4.01. The van der Waals surface area contributed by atoms with Crippen molar-refractivity contribution in [3.05, 3.63) is 27.1 Å². The summed E-state index contributed by atoms with van der Waals surface area (Å²) in [5.41, 5.74) is 0.747. The zero-order valence-electron chi connectivity index (χ0n) is 15.2. The van der Waals surface area contributed by atoms with Crippen molar-refractivity contribution in [3.8, 4) is 11.5 Å². The summed E-state index contributed by atoms with van der Waals surface area (Å²) in [4.78, 5) is 26.1. The number of esters is 1. The summed E-state index contributed by atoms with van der Waals surface area (Å²) in [5.74, 6) is 0.363. The van der Waals surface area contributed by atoms with Gasteiger partial charge in [0.25, 0.3) is 5.91 Å². The van der Waals surface area contributed by atoms with Crippen molar-refractivity contribution in [2.24, 2.45) is 0 Å². The van der Waals surface area contributed by atoms with Crippen molar-refractivity contribution in [2.75, 3.05) is 26.9 Å². The molecule has 1 aromatic rings. The fourth-order valence-electron chi connectivity index (χ4n) is 2.29. The second kappa shape index (κ2) is 10.1. The number of thioether (sulfide) groups is 1. The van der Waals surface area contributed by atoms with Crippen LogP contribution in [0.5, 0.6) is 11.5 Å². The zero-order chi connectivity index (χ0) is 20.0. The molecule has 0 bridgehead atoms. The SMILES string of the molecule is CCCOC(=O)CN1C(=O)C(=Cc2cc(Br)c(OCC)c(OC)c2)SC1=S. The van der Waals surface area contributed by atoms with Crippen molar-refractivity contribution in [1.82, 2.24) is 4.90 Å². The van der Waals surface area contributed by atoms with Crippen molar-refractivity contribution in [1.29, 1.82) is 0 Å². The summed E-state index contributed by atoms with van der Waals surface area (Å²) in [5, 5.41) is 0. The van der Waals surface area contributed by atoms with Crippen LogP contribution in [0.25, 0.3) is 6.08 Å². The highest BCUT2D eigenvalue weighted by molar-refractivity contribution is 9.10. The van der Waals surface area contributed by atoms with Crippen LogP contribution in [0.2, 0.25) is 0 Å². The predicted molar refractivity (Wildman–Crippen MR) is 113 cm³/mol. The highest BCUT2D eigenvalue weighted by Gasteiger charge is 2.33. The fourth-order valence-corrected chi connectivity index (χ4v) is 4.12. The molecule has 6 nitrogen and oxygen atoms in total. The molecule has 1 fully saturated rings. The van der Waals surface area contributed by atoms with E-state index in [1.54, 1.807) is 19.3 Å². The quantitative estimate of drug-likeness (QED) is 0.321. The van der Waals surface area contributed by atoms with E-state index in [9.17, 15) is 9.59 Å². The molecule has 0 aliphatic carbocycles. The van der Waals surface area contributed by atoms with Crippen molar-refractivity contribution < 1.29 is 23.8 Å². The van der Waals surface area contributed by atoms with Crippen molar-refractivity contribution >= 4 is 62.2 Å². The summed E-state index contributed by atoms with van der Waals surface area (Å²) >= 11 is 9.85. The summed E-state index contributed by atoms with van der Waals surface area (Å²) in [6.45, 7) is 4.43. The zero-order valence-corrected chi connectivity index (χ0v) is 18.5. The molecular weight excluding hydrogens is 454 g/mol. The lowest BCUT2D eigenvalue weighted by atomic mass is 10.2. The Morgan fingerprint density at radius 2 is 2.11 bits per heavy atom. The van der Waals surface area contributed by atoms with E-state index < -0.39 is 5.97 Å². The molecule has 0 atom stereocenters. The van der Waals surface area contributed by atoms with Gasteiger partial charge in [-0.3, -0.25) is 14.5 Å². The highest BCUT2D eigenvalue weighted by Crippen LogP contribution is 2.39. The molecular formula is C18H20BrNO5S2. The molecule has 146 valence electrons. The Morgan fingerprint density at radius 3 is 2.74 bits per heavy atom. The number of carbonyl (C=O) groups excluding carboxylic acids is 2. The molecule has 1 amide bonds. The lowest BCUT2D eigenvalue weighted by molar-refractivity contribution is -0.146. The van der Waals surface area contributed by atoms with Gasteiger partial charge >= 0.3 is 5.97 Å². The highest BCUT2D eigenvalue weighted by atomic mass is 79.9. The topological polar surface area (TPSA) is 65.1 Å². The number of thiocarbonyl (C=S) groups is 1. The number of ether oxygens (including phenoxy) is 3. The Kier molecular flexibility index (Phi) is 8.12. The standard InChI is InChI=1S/C18H20BrNO5S2/c1-4-6-25-15(21)10-20-17(22)14(27-18(20)26)9-11-7-12(19)16(24-5-2)13(8-11)23-3/h7-9H,4-6,10H2,1-3H3. The Bertz CT molecular complexity index is 781. The van der Waals surface area contributed by atoms with Gasteiger partial charge < -0.3 is 14.2 Å². The van der Waals surface area contributed by atoms with Crippen LogP contribution in [0.15, 0.2) is 21.5 Å². The molecule has 1 aromatic carbocycles. The Hall–Kier alpha value is -1.58. The van der Waals surface area contributed by atoms with E-state index in [0.717, 1.165) is 23.7 Å². The molecule has 2 rings (SSSR count). The second-order valence-electron chi connectivity index (χ2n) is 5.46. The van der Waals surface area contributed by atoms with E-state index >= 15 is 0 Å². The van der Waals surface area contributed by atoms with Crippen LogP contribution in [0, 0.1) is 0 Å². The normalized spacial score (nSPS) is 15.4. The third-order valence-electron chi connectivity index (χ3n) is 3.47. The van der Waals surface area contributed by atoms with Crippen molar-refractivity contribution in [3.63, 3.8) is 0 Å². The first-order valence-corrected chi connectivity index (χ1v) is 10.3. The van der Waals surface area contributed by atoms with E-state index in [4.69, 9.17) is 26.4 Å². The number of carbonyl (C=O) groups is 2. The average Bonchev–Trinajstić information content (AvgIpc) is 2.89. The first-order valence-electron chi connectivity index (χ1n) is 8.32. The molecule has 1 heterocycles. The maximum Gasteiger partial charge on any atom is 0.326 e. The summed E-state index contributed by atoms with van der Waals surface area (Å²) in [7, 11) is 1.55. The summed E-state index contributed by atoms with van der Waals surface area (Å²) < 4.78 is 17.0. The van der Waals surface area contributed by atoms with Crippen LogP contribution in [-0.2, 0) is 14.3 Å². The van der Waals surface area contributed by atoms with Crippen LogP contribution < -0.4 is 9.47 Å². The summed E-state index contributed by atoms with van der Waals surface area (Å²) in [6.07, 6.45) is 2.43. The molecule has 0 unspecified atom stereocenters. The Labute approximate surface area is 176 Å². The molecule has 0 aromatic heterocycles.